The molecule has 1 heterocycles. The Labute approximate surface area is 93.9 Å². The molecular weight excluding hydrogens is 205 g/mol. The van der Waals surface area contributed by atoms with Crippen molar-refractivity contribution in [2.24, 2.45) is 5.73 Å². The summed E-state index contributed by atoms with van der Waals surface area (Å²) in [6.45, 7) is 1.86. The number of benzene rings is 1. The maximum absolute atomic E-state index is 12.9. The van der Waals surface area contributed by atoms with E-state index in [9.17, 15) is 4.39 Å². The molecule has 0 spiro atoms. The summed E-state index contributed by atoms with van der Waals surface area (Å²) < 4.78 is 18.2. The van der Waals surface area contributed by atoms with Crippen LogP contribution in [0.5, 0.6) is 0 Å². The molecule has 2 nitrogen and oxygen atoms in total. The van der Waals surface area contributed by atoms with Crippen LogP contribution in [0.3, 0.4) is 0 Å². The van der Waals surface area contributed by atoms with Crippen molar-refractivity contribution in [3.05, 3.63) is 59.3 Å². The molecule has 0 bridgehead atoms. The normalized spacial score (nSPS) is 12.7. The van der Waals surface area contributed by atoms with Gasteiger partial charge in [-0.2, -0.15) is 0 Å². The lowest BCUT2D eigenvalue weighted by Gasteiger charge is -2.13. The molecule has 0 radical (unpaired) electrons. The molecule has 0 aliphatic carbocycles. The number of hydrogen-bond donors (Lipinski definition) is 1. The van der Waals surface area contributed by atoms with Gasteiger partial charge < -0.3 is 10.2 Å². The van der Waals surface area contributed by atoms with E-state index in [1.807, 2.05) is 19.1 Å². The lowest BCUT2D eigenvalue weighted by molar-refractivity contribution is 0.488. The predicted molar refractivity (Wildman–Crippen MR) is 60.5 cm³/mol. The number of hydrogen-bond acceptors (Lipinski definition) is 2. The zero-order valence-electron chi connectivity index (χ0n) is 9.11. The Morgan fingerprint density at radius 1 is 1.38 bits per heavy atom. The first-order chi connectivity index (χ1) is 7.66. The maximum atomic E-state index is 12.9. The van der Waals surface area contributed by atoms with Gasteiger partial charge in [-0.15, -0.1) is 0 Å². The molecule has 1 aromatic carbocycles. The van der Waals surface area contributed by atoms with E-state index >= 15 is 0 Å². The molecule has 3 heteroatoms. The molecule has 0 aliphatic heterocycles. The molecule has 0 amide bonds. The summed E-state index contributed by atoms with van der Waals surface area (Å²) in [5.74, 6) is 0.614. The van der Waals surface area contributed by atoms with E-state index in [2.05, 4.69) is 0 Å². The van der Waals surface area contributed by atoms with Crippen molar-refractivity contribution in [2.45, 2.75) is 19.4 Å². The minimum atomic E-state index is -0.230. The van der Waals surface area contributed by atoms with Gasteiger partial charge in [0, 0.05) is 12.5 Å². The molecule has 2 rings (SSSR count). The van der Waals surface area contributed by atoms with Crippen molar-refractivity contribution < 1.29 is 8.81 Å². The van der Waals surface area contributed by atoms with Crippen LogP contribution in [-0.4, -0.2) is 0 Å². The summed E-state index contributed by atoms with van der Waals surface area (Å²) in [4.78, 5) is 0. The highest BCUT2D eigenvalue weighted by atomic mass is 19.1. The van der Waals surface area contributed by atoms with Crippen molar-refractivity contribution in [1.29, 1.82) is 0 Å². The smallest absolute Gasteiger partial charge is 0.123 e. The van der Waals surface area contributed by atoms with Crippen molar-refractivity contribution in [2.75, 3.05) is 0 Å². The third-order valence-corrected chi connectivity index (χ3v) is 2.63. The lowest BCUT2D eigenvalue weighted by Crippen LogP contribution is -2.14. The van der Waals surface area contributed by atoms with Gasteiger partial charge in [-0.3, -0.25) is 0 Å². The quantitative estimate of drug-likeness (QED) is 0.861. The SMILES string of the molecule is Cc1cc(F)ccc1C(N)Cc1ccco1. The largest absolute Gasteiger partial charge is 0.469 e. The van der Waals surface area contributed by atoms with Crippen molar-refractivity contribution in [3.63, 3.8) is 0 Å². The summed E-state index contributed by atoms with van der Waals surface area (Å²) in [5.41, 5.74) is 7.89. The van der Waals surface area contributed by atoms with E-state index in [1.54, 1.807) is 12.3 Å². The summed E-state index contributed by atoms with van der Waals surface area (Å²) in [5, 5.41) is 0. The van der Waals surface area contributed by atoms with Gasteiger partial charge >= 0.3 is 0 Å². The fraction of sp³-hybridized carbons (Fsp3) is 0.231. The number of rotatable bonds is 3. The molecule has 1 unspecified atom stereocenters. The Morgan fingerprint density at radius 2 is 2.19 bits per heavy atom. The third-order valence-electron chi connectivity index (χ3n) is 2.63. The van der Waals surface area contributed by atoms with E-state index in [4.69, 9.17) is 10.2 Å². The third kappa shape index (κ3) is 2.31. The minimum absolute atomic E-state index is 0.160. The van der Waals surface area contributed by atoms with Crippen molar-refractivity contribution >= 4 is 0 Å². The zero-order valence-corrected chi connectivity index (χ0v) is 9.11. The van der Waals surface area contributed by atoms with Crippen LogP contribution in [0.4, 0.5) is 4.39 Å². The van der Waals surface area contributed by atoms with Gasteiger partial charge in [-0.05, 0) is 42.3 Å². The average Bonchev–Trinajstić information content (AvgIpc) is 2.70. The molecule has 1 aromatic heterocycles. The van der Waals surface area contributed by atoms with Gasteiger partial charge in [-0.1, -0.05) is 6.07 Å². The summed E-state index contributed by atoms with van der Waals surface area (Å²) >= 11 is 0. The van der Waals surface area contributed by atoms with Gasteiger partial charge in [0.25, 0.3) is 0 Å². The first kappa shape index (κ1) is 10.9. The monoisotopic (exact) mass is 219 g/mol. The van der Waals surface area contributed by atoms with Gasteiger partial charge in [0.2, 0.25) is 0 Å². The Kier molecular flexibility index (Phi) is 3.06. The number of furan rings is 1. The first-order valence-electron chi connectivity index (χ1n) is 5.21. The average molecular weight is 219 g/mol. The fourth-order valence-electron chi connectivity index (χ4n) is 1.81. The van der Waals surface area contributed by atoms with Crippen LogP contribution < -0.4 is 5.73 Å². The Hall–Kier alpha value is -1.61. The molecule has 0 aliphatic rings. The highest BCUT2D eigenvalue weighted by molar-refractivity contribution is 5.30. The van der Waals surface area contributed by atoms with Gasteiger partial charge in [0.15, 0.2) is 0 Å². The topological polar surface area (TPSA) is 39.2 Å². The Balaban J connectivity index is 2.17. The predicted octanol–water partition coefficient (Wildman–Crippen LogP) is 2.97. The van der Waals surface area contributed by atoms with E-state index < -0.39 is 0 Å². The van der Waals surface area contributed by atoms with E-state index in [1.165, 1.54) is 12.1 Å². The highest BCUT2D eigenvalue weighted by Crippen LogP contribution is 2.20. The molecule has 0 saturated carbocycles. The van der Waals surface area contributed by atoms with Gasteiger partial charge in [0.1, 0.15) is 11.6 Å². The van der Waals surface area contributed by atoms with Crippen molar-refractivity contribution in [1.82, 2.24) is 0 Å². The van der Waals surface area contributed by atoms with Crippen LogP contribution in [0.2, 0.25) is 0 Å². The first-order valence-corrected chi connectivity index (χ1v) is 5.21. The van der Waals surface area contributed by atoms with E-state index in [-0.39, 0.29) is 11.9 Å². The molecule has 0 saturated heterocycles. The van der Waals surface area contributed by atoms with Gasteiger partial charge in [-0.25, -0.2) is 4.39 Å². The van der Waals surface area contributed by atoms with Crippen LogP contribution >= 0.6 is 0 Å². The standard InChI is InChI=1S/C13H14FNO/c1-9-7-10(14)4-5-12(9)13(15)8-11-3-2-6-16-11/h2-7,13H,8,15H2,1H3. The zero-order chi connectivity index (χ0) is 11.5. The minimum Gasteiger partial charge on any atom is -0.469 e. The molecule has 84 valence electrons. The summed E-state index contributed by atoms with van der Waals surface area (Å²) in [7, 11) is 0. The number of halogens is 1. The Bertz CT molecular complexity index is 465. The van der Waals surface area contributed by atoms with Gasteiger partial charge in [0.05, 0.1) is 6.26 Å². The fourth-order valence-corrected chi connectivity index (χ4v) is 1.81. The Morgan fingerprint density at radius 3 is 2.81 bits per heavy atom. The molecule has 2 aromatic rings. The molecule has 0 fully saturated rings. The molecule has 2 N–H and O–H groups in total. The molecular formula is C13H14FNO. The van der Waals surface area contributed by atoms with Crippen LogP contribution in [0.1, 0.15) is 22.9 Å². The van der Waals surface area contributed by atoms with Crippen LogP contribution in [0.25, 0.3) is 0 Å². The number of nitrogens with two attached hydrogens (primary N) is 1. The summed E-state index contributed by atoms with van der Waals surface area (Å²) in [6.07, 6.45) is 2.25. The second-order valence-corrected chi connectivity index (χ2v) is 3.89. The lowest BCUT2D eigenvalue weighted by atomic mass is 9.98. The second-order valence-electron chi connectivity index (χ2n) is 3.89. The second kappa shape index (κ2) is 4.49. The molecule has 1 atom stereocenters. The van der Waals surface area contributed by atoms with E-state index in [0.29, 0.717) is 6.42 Å². The summed E-state index contributed by atoms with van der Waals surface area (Å²) in [6, 6.07) is 8.23. The van der Waals surface area contributed by atoms with Crippen LogP contribution in [0, 0.1) is 12.7 Å². The molecule has 16 heavy (non-hydrogen) atoms. The van der Waals surface area contributed by atoms with Crippen LogP contribution in [0.15, 0.2) is 41.0 Å². The highest BCUT2D eigenvalue weighted by Gasteiger charge is 2.11. The number of aryl methyl sites for hydroxylation is 1. The maximum Gasteiger partial charge on any atom is 0.123 e. The van der Waals surface area contributed by atoms with Crippen molar-refractivity contribution in [3.8, 4) is 0 Å². The van der Waals surface area contributed by atoms with Crippen LogP contribution in [-0.2, 0) is 6.42 Å². The van der Waals surface area contributed by atoms with E-state index in [0.717, 1.165) is 16.9 Å².